The Hall–Kier alpha value is -4.71. The molecule has 0 saturated carbocycles. The molecule has 77 heavy (non-hydrogen) atoms. The van der Waals surface area contributed by atoms with Gasteiger partial charge in [0.25, 0.3) is 0 Å². The summed E-state index contributed by atoms with van der Waals surface area (Å²) in [5.74, 6) is -1.05. The molecule has 0 aromatic carbocycles. The van der Waals surface area contributed by atoms with E-state index < -0.39 is 12.1 Å². The van der Waals surface area contributed by atoms with Gasteiger partial charge in [-0.3, -0.25) is 14.4 Å². The molecule has 0 fully saturated rings. The maximum absolute atomic E-state index is 12.9. The Morgan fingerprint density at radius 1 is 0.273 bits per heavy atom. The summed E-state index contributed by atoms with van der Waals surface area (Å²) in [6, 6.07) is 0. The lowest BCUT2D eigenvalue weighted by Crippen LogP contribution is -2.30. The topological polar surface area (TPSA) is 78.9 Å². The van der Waals surface area contributed by atoms with Crippen LogP contribution in [0, 0.1) is 0 Å². The lowest BCUT2D eigenvalue weighted by Gasteiger charge is -2.18. The van der Waals surface area contributed by atoms with Crippen molar-refractivity contribution in [3.63, 3.8) is 0 Å². The van der Waals surface area contributed by atoms with Crippen molar-refractivity contribution in [2.45, 2.75) is 271 Å². The lowest BCUT2D eigenvalue weighted by molar-refractivity contribution is -0.166. The maximum atomic E-state index is 12.9. The minimum absolute atomic E-state index is 0.125. The van der Waals surface area contributed by atoms with Crippen molar-refractivity contribution < 1.29 is 28.6 Å². The zero-order valence-corrected chi connectivity index (χ0v) is 49.7. The zero-order chi connectivity index (χ0) is 55.7. The minimum atomic E-state index is -0.843. The van der Waals surface area contributed by atoms with Crippen LogP contribution in [-0.4, -0.2) is 37.2 Å². The van der Waals surface area contributed by atoms with E-state index >= 15 is 0 Å². The summed E-state index contributed by atoms with van der Waals surface area (Å²) in [6.07, 6.45) is 91.5. The van der Waals surface area contributed by atoms with Crippen molar-refractivity contribution in [1.29, 1.82) is 0 Å². The predicted molar refractivity (Wildman–Crippen MR) is 334 cm³/mol. The summed E-state index contributed by atoms with van der Waals surface area (Å²) in [5.41, 5.74) is 0. The first kappa shape index (κ1) is 72.3. The van der Waals surface area contributed by atoms with E-state index in [0.29, 0.717) is 19.3 Å². The van der Waals surface area contributed by atoms with Crippen molar-refractivity contribution >= 4 is 17.9 Å². The summed E-state index contributed by atoms with van der Waals surface area (Å²) in [6.45, 7) is 6.33. The highest BCUT2D eigenvalue weighted by atomic mass is 16.6. The van der Waals surface area contributed by atoms with E-state index in [0.717, 1.165) is 109 Å². The number of rotatable bonds is 55. The molecule has 0 amide bonds. The Morgan fingerprint density at radius 3 is 0.844 bits per heavy atom. The van der Waals surface area contributed by atoms with E-state index in [2.05, 4.69) is 154 Å². The van der Waals surface area contributed by atoms with Crippen LogP contribution in [0.2, 0.25) is 0 Å². The third-order valence-electron chi connectivity index (χ3n) is 12.9. The van der Waals surface area contributed by atoms with E-state index in [1.165, 1.54) is 103 Å². The first-order valence-corrected chi connectivity index (χ1v) is 31.3. The average molecular weight is 1060 g/mol. The Morgan fingerprint density at radius 2 is 0.532 bits per heavy atom. The first-order chi connectivity index (χ1) is 38.0. The normalized spacial score (nSPS) is 13.1. The highest BCUT2D eigenvalue weighted by molar-refractivity contribution is 5.71. The Labute approximate surface area is 474 Å². The summed E-state index contributed by atoms with van der Waals surface area (Å²) in [5, 5.41) is 0. The van der Waals surface area contributed by atoms with E-state index in [1.54, 1.807) is 0 Å². The Balaban J connectivity index is 4.58. The van der Waals surface area contributed by atoms with Crippen LogP contribution in [0.1, 0.15) is 265 Å². The van der Waals surface area contributed by atoms with Crippen LogP contribution in [-0.2, 0) is 28.6 Å². The van der Waals surface area contributed by atoms with Crippen molar-refractivity contribution in [2.24, 2.45) is 0 Å². The molecule has 0 aromatic rings. The van der Waals surface area contributed by atoms with Gasteiger partial charge < -0.3 is 14.2 Å². The molecule has 1 unspecified atom stereocenters. The fourth-order valence-electron chi connectivity index (χ4n) is 8.24. The molecule has 0 saturated heterocycles. The molecule has 0 aliphatic rings. The molecule has 0 aliphatic carbocycles. The first-order valence-electron chi connectivity index (χ1n) is 31.3. The Kier molecular flexibility index (Phi) is 59.9. The van der Waals surface area contributed by atoms with Gasteiger partial charge >= 0.3 is 17.9 Å². The number of ether oxygens (including phenoxy) is 3. The predicted octanol–water partition coefficient (Wildman–Crippen LogP) is 21.5. The highest BCUT2D eigenvalue weighted by Crippen LogP contribution is 2.16. The molecule has 0 spiro atoms. The largest absolute Gasteiger partial charge is 0.462 e. The van der Waals surface area contributed by atoms with Gasteiger partial charge in [0.05, 0.1) is 0 Å². The lowest BCUT2D eigenvalue weighted by atomic mass is 10.0. The third kappa shape index (κ3) is 62.0. The van der Waals surface area contributed by atoms with E-state index in [9.17, 15) is 14.4 Å². The summed E-state index contributed by atoms with van der Waals surface area (Å²) < 4.78 is 16.8. The number of hydrogen-bond donors (Lipinski definition) is 0. The maximum Gasteiger partial charge on any atom is 0.306 e. The average Bonchev–Trinajstić information content (AvgIpc) is 3.43. The minimum Gasteiger partial charge on any atom is -0.462 e. The fourth-order valence-corrected chi connectivity index (χ4v) is 8.24. The number of carbonyl (C=O) groups excluding carboxylic acids is 3. The molecule has 0 heterocycles. The van der Waals surface area contributed by atoms with E-state index in [-0.39, 0.29) is 38.0 Å². The molecular weight excluding hydrogens is 949 g/mol. The van der Waals surface area contributed by atoms with Crippen LogP contribution in [0.5, 0.6) is 0 Å². The third-order valence-corrected chi connectivity index (χ3v) is 12.9. The number of allylic oxidation sites excluding steroid dienone is 24. The van der Waals surface area contributed by atoms with Crippen molar-refractivity contribution in [3.05, 3.63) is 146 Å². The van der Waals surface area contributed by atoms with Gasteiger partial charge in [-0.15, -0.1) is 0 Å². The second kappa shape index (κ2) is 63.8. The molecule has 6 nitrogen and oxygen atoms in total. The zero-order valence-electron chi connectivity index (χ0n) is 49.7. The van der Waals surface area contributed by atoms with Gasteiger partial charge in [-0.25, -0.2) is 0 Å². The quantitative estimate of drug-likeness (QED) is 0.0261. The van der Waals surface area contributed by atoms with Gasteiger partial charge in [-0.2, -0.15) is 0 Å². The number of hydrogen-bond acceptors (Lipinski definition) is 6. The smallest absolute Gasteiger partial charge is 0.306 e. The highest BCUT2D eigenvalue weighted by Gasteiger charge is 2.19. The SMILES string of the molecule is CC/C=C\C/C=C\C/C=C\C/C=C\C/C=C\C/C=C\CCCCC(=O)OCC(COC(=O)CCCCCCCCCCCCCCCCCCCCC)OC(=O)CC/C=C\C/C=C\C/C=C\C/C=C\C/C=C\C/C=C\CC. The molecule has 6 heteroatoms. The molecule has 434 valence electrons. The second-order valence-corrected chi connectivity index (χ2v) is 20.2. The fraction of sp³-hybridized carbons (Fsp3) is 0.620. The standard InChI is InChI=1S/C71H114O6/c1-4-7-10-13-16-19-22-25-28-31-34-35-38-40-43-46-49-52-55-58-61-64-70(73)76-67-68(77-71(74)65-62-59-56-53-50-47-44-41-37-33-30-27-24-21-18-15-12-9-6-3)66-75-69(72)63-60-57-54-51-48-45-42-39-36-32-29-26-23-20-17-14-11-8-5-2/h7,9-10,12,16,18-19,21,25,27-28,30,34-35,37,40-41,43,47,49-50,52,56,59,68H,4-6,8,11,13-15,17,20,22-24,26,29,31-33,36,38-39,42,44-46,48,51,53-55,57-58,60-67H2,1-3H3/b10-7-,12-9-,19-16-,21-18-,28-25-,30-27-,35-34-,41-37-,43-40-,50-47-,52-49-,59-56-. The monoisotopic (exact) mass is 1060 g/mol. The van der Waals surface area contributed by atoms with Crippen LogP contribution in [0.15, 0.2) is 146 Å². The molecular formula is C71H114O6. The van der Waals surface area contributed by atoms with Crippen LogP contribution in [0.25, 0.3) is 0 Å². The molecule has 1 atom stereocenters. The summed E-state index contributed by atoms with van der Waals surface area (Å²) in [4.78, 5) is 38.3. The van der Waals surface area contributed by atoms with Crippen LogP contribution in [0.4, 0.5) is 0 Å². The number of unbranched alkanes of at least 4 members (excludes halogenated alkanes) is 20. The van der Waals surface area contributed by atoms with Crippen LogP contribution < -0.4 is 0 Å². The van der Waals surface area contributed by atoms with Gasteiger partial charge in [0.2, 0.25) is 0 Å². The van der Waals surface area contributed by atoms with Gasteiger partial charge in [-0.05, 0) is 109 Å². The van der Waals surface area contributed by atoms with Crippen molar-refractivity contribution in [3.8, 4) is 0 Å². The second-order valence-electron chi connectivity index (χ2n) is 20.2. The molecule has 0 radical (unpaired) electrons. The number of carbonyl (C=O) groups is 3. The van der Waals surface area contributed by atoms with Gasteiger partial charge in [0.15, 0.2) is 6.10 Å². The van der Waals surface area contributed by atoms with E-state index in [1.807, 2.05) is 12.2 Å². The molecule has 0 N–H and O–H groups in total. The molecule has 0 aliphatic heterocycles. The van der Waals surface area contributed by atoms with Gasteiger partial charge in [0.1, 0.15) is 13.2 Å². The molecule has 0 bridgehead atoms. The molecule has 0 aromatic heterocycles. The summed E-state index contributed by atoms with van der Waals surface area (Å²) in [7, 11) is 0. The van der Waals surface area contributed by atoms with Crippen molar-refractivity contribution in [1.82, 2.24) is 0 Å². The number of esters is 3. The molecule has 0 rings (SSSR count). The van der Waals surface area contributed by atoms with Crippen LogP contribution >= 0.6 is 0 Å². The summed E-state index contributed by atoms with van der Waals surface area (Å²) >= 11 is 0. The van der Waals surface area contributed by atoms with Gasteiger partial charge in [0, 0.05) is 19.3 Å². The van der Waals surface area contributed by atoms with Crippen molar-refractivity contribution in [2.75, 3.05) is 13.2 Å². The Bertz CT molecular complexity index is 1700. The van der Waals surface area contributed by atoms with Crippen LogP contribution in [0.3, 0.4) is 0 Å². The van der Waals surface area contributed by atoms with Gasteiger partial charge in [-0.1, -0.05) is 282 Å². The van der Waals surface area contributed by atoms with E-state index in [4.69, 9.17) is 14.2 Å².